The summed E-state index contributed by atoms with van der Waals surface area (Å²) in [7, 11) is 0. The highest BCUT2D eigenvalue weighted by molar-refractivity contribution is 9.10. The molecule has 2 aromatic carbocycles. The van der Waals surface area contributed by atoms with Crippen LogP contribution < -0.4 is 0 Å². The first-order chi connectivity index (χ1) is 12.0. The molecule has 1 fully saturated rings. The smallest absolute Gasteiger partial charge is 0.357 e. The summed E-state index contributed by atoms with van der Waals surface area (Å²) in [5, 5.41) is 11.9. The van der Waals surface area contributed by atoms with Gasteiger partial charge in [0.25, 0.3) is 0 Å². The molecule has 1 heterocycles. The van der Waals surface area contributed by atoms with Crippen LogP contribution in [0.3, 0.4) is 0 Å². The highest BCUT2D eigenvalue weighted by Gasteiger charge is 2.41. The molecule has 3 atom stereocenters. The summed E-state index contributed by atoms with van der Waals surface area (Å²) in [6.07, 6.45) is -0.458. The number of halogens is 2. The van der Waals surface area contributed by atoms with Gasteiger partial charge in [-0.15, -0.1) is 5.06 Å². The number of aliphatic hydroxyl groups excluding tert-OH is 1. The zero-order valence-electron chi connectivity index (χ0n) is 13.7. The number of carbonyl (C=O) groups is 1. The van der Waals surface area contributed by atoms with Crippen LogP contribution in [0.2, 0.25) is 0 Å². The number of carbonyl (C=O) groups excluding carboxylic acids is 1. The number of benzene rings is 2. The summed E-state index contributed by atoms with van der Waals surface area (Å²) < 4.78 is 14.7. The van der Waals surface area contributed by atoms with E-state index in [1.54, 1.807) is 42.5 Å². The first-order valence-electron chi connectivity index (χ1n) is 8.12. The van der Waals surface area contributed by atoms with E-state index >= 15 is 0 Å². The molecule has 2 aromatic rings. The zero-order chi connectivity index (χ0) is 18.0. The Kier molecular flexibility index (Phi) is 5.51. The van der Waals surface area contributed by atoms with E-state index in [2.05, 4.69) is 15.9 Å². The van der Waals surface area contributed by atoms with E-state index in [4.69, 9.17) is 4.84 Å². The zero-order valence-corrected chi connectivity index (χ0v) is 15.3. The number of hydroxylamine groups is 2. The topological polar surface area (TPSA) is 49.8 Å². The van der Waals surface area contributed by atoms with Crippen molar-refractivity contribution in [3.8, 4) is 0 Å². The maximum absolute atomic E-state index is 14.3. The Hall–Kier alpha value is -1.76. The molecule has 0 aliphatic carbocycles. The van der Waals surface area contributed by atoms with Gasteiger partial charge in [-0.1, -0.05) is 37.3 Å². The van der Waals surface area contributed by atoms with Crippen LogP contribution in [0.1, 0.15) is 22.8 Å². The van der Waals surface area contributed by atoms with Crippen molar-refractivity contribution in [2.45, 2.75) is 25.5 Å². The lowest BCUT2D eigenvalue weighted by atomic mass is 9.98. The van der Waals surface area contributed by atoms with Crippen LogP contribution in [-0.4, -0.2) is 34.8 Å². The molecule has 1 N–H and O–H groups in total. The fourth-order valence-corrected chi connectivity index (χ4v) is 3.48. The largest absolute Gasteiger partial charge is 0.391 e. The van der Waals surface area contributed by atoms with Gasteiger partial charge in [0.1, 0.15) is 5.82 Å². The van der Waals surface area contributed by atoms with Gasteiger partial charge in [-0.3, -0.25) is 0 Å². The molecule has 0 spiro atoms. The molecule has 0 bridgehead atoms. The average Bonchev–Trinajstić information content (AvgIpc) is 2.87. The van der Waals surface area contributed by atoms with Crippen LogP contribution >= 0.6 is 15.9 Å². The molecule has 0 saturated carbocycles. The average molecular weight is 408 g/mol. The highest BCUT2D eigenvalue weighted by atomic mass is 79.9. The lowest BCUT2D eigenvalue weighted by Crippen LogP contribution is -2.39. The molecule has 132 valence electrons. The van der Waals surface area contributed by atoms with Crippen molar-refractivity contribution in [2.75, 3.05) is 6.54 Å². The molecule has 25 heavy (non-hydrogen) atoms. The molecule has 0 unspecified atom stereocenters. The number of rotatable bonds is 4. The van der Waals surface area contributed by atoms with E-state index in [0.717, 1.165) is 0 Å². The van der Waals surface area contributed by atoms with E-state index < -0.39 is 18.1 Å². The Balaban J connectivity index is 1.78. The van der Waals surface area contributed by atoms with Gasteiger partial charge in [0.15, 0.2) is 0 Å². The summed E-state index contributed by atoms with van der Waals surface area (Å²) in [4.78, 5) is 17.8. The number of hydrogen-bond donors (Lipinski definition) is 1. The molecule has 1 saturated heterocycles. The van der Waals surface area contributed by atoms with E-state index in [-0.39, 0.29) is 18.2 Å². The predicted molar refractivity (Wildman–Crippen MR) is 95.3 cm³/mol. The second-order valence-electron chi connectivity index (χ2n) is 6.30. The minimum absolute atomic E-state index is 0.0798. The molecular formula is C19H19BrFNO3. The van der Waals surface area contributed by atoms with Crippen molar-refractivity contribution in [3.63, 3.8) is 0 Å². The van der Waals surface area contributed by atoms with Crippen molar-refractivity contribution in [1.82, 2.24) is 5.06 Å². The van der Waals surface area contributed by atoms with Gasteiger partial charge in [-0.05, 0) is 52.0 Å². The van der Waals surface area contributed by atoms with E-state index in [1.807, 2.05) is 13.0 Å². The molecule has 6 heteroatoms. The predicted octanol–water partition coefficient (Wildman–Crippen LogP) is 3.58. The van der Waals surface area contributed by atoms with E-state index in [9.17, 15) is 14.3 Å². The van der Waals surface area contributed by atoms with Crippen molar-refractivity contribution >= 4 is 21.9 Å². The summed E-state index contributed by atoms with van der Waals surface area (Å²) >= 11 is 3.17. The van der Waals surface area contributed by atoms with Gasteiger partial charge in [0, 0.05) is 6.54 Å². The molecule has 0 radical (unpaired) electrons. The molecular weight excluding hydrogens is 389 g/mol. The number of hydrogen-bond acceptors (Lipinski definition) is 4. The molecule has 0 amide bonds. The first kappa shape index (κ1) is 18.0. The van der Waals surface area contributed by atoms with Gasteiger partial charge in [-0.25, -0.2) is 9.18 Å². The van der Waals surface area contributed by atoms with Crippen LogP contribution in [0.4, 0.5) is 4.39 Å². The summed E-state index contributed by atoms with van der Waals surface area (Å²) in [6.45, 7) is 2.28. The fraction of sp³-hybridized carbons (Fsp3) is 0.316. The van der Waals surface area contributed by atoms with Gasteiger partial charge >= 0.3 is 5.97 Å². The minimum atomic E-state index is -0.707. The second kappa shape index (κ2) is 7.64. The molecule has 1 aliphatic heterocycles. The molecule has 4 nitrogen and oxygen atoms in total. The lowest BCUT2D eigenvalue weighted by molar-refractivity contribution is -0.129. The van der Waals surface area contributed by atoms with Crippen molar-refractivity contribution in [3.05, 3.63) is 69.9 Å². The highest BCUT2D eigenvalue weighted by Crippen LogP contribution is 2.29. The van der Waals surface area contributed by atoms with Crippen LogP contribution in [0.5, 0.6) is 0 Å². The summed E-state index contributed by atoms with van der Waals surface area (Å²) in [5.41, 5.74) is 0.900. The van der Waals surface area contributed by atoms with E-state index in [1.165, 1.54) is 5.06 Å². The third-order valence-corrected chi connectivity index (χ3v) is 5.10. The van der Waals surface area contributed by atoms with E-state index in [0.29, 0.717) is 22.1 Å². The maximum atomic E-state index is 14.3. The number of aliphatic hydroxyl groups is 1. The van der Waals surface area contributed by atoms with Crippen LogP contribution in [0, 0.1) is 11.7 Å². The van der Waals surface area contributed by atoms with Gasteiger partial charge in [0.2, 0.25) is 0 Å². The van der Waals surface area contributed by atoms with Crippen molar-refractivity contribution in [1.29, 1.82) is 0 Å². The Bertz CT molecular complexity index is 756. The van der Waals surface area contributed by atoms with Crippen molar-refractivity contribution < 1.29 is 19.1 Å². The lowest BCUT2D eigenvalue weighted by Gasteiger charge is -2.25. The normalized spacial score (nSPS) is 23.6. The van der Waals surface area contributed by atoms with Gasteiger partial charge in [-0.2, -0.15) is 0 Å². The SMILES string of the molecule is C[C@H]1CN(OC(=O)c2ccccc2)[C@@H](Cc2cccc(Br)c2F)[C@@H]1O. The third kappa shape index (κ3) is 3.92. The summed E-state index contributed by atoms with van der Waals surface area (Å²) in [6, 6.07) is 13.2. The van der Waals surface area contributed by atoms with Crippen LogP contribution in [0.15, 0.2) is 53.0 Å². The van der Waals surface area contributed by atoms with Gasteiger partial charge < -0.3 is 9.94 Å². The second-order valence-corrected chi connectivity index (χ2v) is 7.15. The van der Waals surface area contributed by atoms with Crippen LogP contribution in [-0.2, 0) is 11.3 Å². The molecule has 3 rings (SSSR count). The molecule has 0 aromatic heterocycles. The van der Waals surface area contributed by atoms with Crippen molar-refractivity contribution in [2.24, 2.45) is 5.92 Å². The summed E-state index contributed by atoms with van der Waals surface area (Å²) in [5.74, 6) is -0.922. The Morgan fingerprint density at radius 2 is 2.00 bits per heavy atom. The number of nitrogens with zero attached hydrogens (tertiary/aromatic N) is 1. The Labute approximate surface area is 154 Å². The monoisotopic (exact) mass is 407 g/mol. The first-order valence-corrected chi connectivity index (χ1v) is 8.91. The van der Waals surface area contributed by atoms with Gasteiger partial charge in [0.05, 0.1) is 22.2 Å². The van der Waals surface area contributed by atoms with Crippen LogP contribution in [0.25, 0.3) is 0 Å². The molecule has 1 aliphatic rings. The maximum Gasteiger partial charge on any atom is 0.357 e. The third-order valence-electron chi connectivity index (χ3n) is 4.49. The quantitative estimate of drug-likeness (QED) is 0.841. The fourth-order valence-electron chi connectivity index (χ4n) is 3.07. The minimum Gasteiger partial charge on any atom is -0.391 e. The standard InChI is InChI=1S/C19H19BrFNO3/c1-12-11-22(25-19(24)13-6-3-2-4-7-13)16(18(12)23)10-14-8-5-9-15(20)17(14)21/h2-9,12,16,18,23H,10-11H2,1H3/t12-,16-,18+/m0/s1. The Morgan fingerprint density at radius 3 is 2.72 bits per heavy atom. The Morgan fingerprint density at radius 1 is 1.28 bits per heavy atom.